The minimum absolute atomic E-state index is 0.177. The fourth-order valence-corrected chi connectivity index (χ4v) is 5.13. The van der Waals surface area contributed by atoms with Gasteiger partial charge in [-0.05, 0) is 59.2 Å². The maximum atomic E-state index is 10.7. The van der Waals surface area contributed by atoms with Crippen molar-refractivity contribution in [2.75, 3.05) is 0 Å². The Kier molecular flexibility index (Phi) is 5.87. The van der Waals surface area contributed by atoms with Crippen LogP contribution in [0.5, 0.6) is 5.75 Å². The van der Waals surface area contributed by atoms with Gasteiger partial charge in [-0.3, -0.25) is 14.5 Å². The Labute approximate surface area is 231 Å². The lowest BCUT2D eigenvalue weighted by molar-refractivity contribution is 0.477. The lowest BCUT2D eigenvalue weighted by Crippen LogP contribution is -1.97. The third-order valence-electron chi connectivity index (χ3n) is 7.06. The highest BCUT2D eigenvalue weighted by Gasteiger charge is 2.20. The van der Waals surface area contributed by atoms with Crippen molar-refractivity contribution in [1.29, 1.82) is 0 Å². The molecule has 0 aliphatic heterocycles. The van der Waals surface area contributed by atoms with Gasteiger partial charge in [0.2, 0.25) is 0 Å². The normalized spacial score (nSPS) is 11.1. The predicted octanol–water partition coefficient (Wildman–Crippen LogP) is 8.19. The average molecular weight is 517 g/mol. The number of fused-ring (bicyclic) bond motifs is 1. The monoisotopic (exact) mass is 516 g/mol. The fourth-order valence-electron chi connectivity index (χ4n) is 5.13. The zero-order valence-electron chi connectivity index (χ0n) is 21.5. The van der Waals surface area contributed by atoms with Gasteiger partial charge < -0.3 is 5.11 Å². The Hall–Kier alpha value is -5.55. The second-order valence-corrected chi connectivity index (χ2v) is 9.55. The molecule has 40 heavy (non-hydrogen) atoms. The van der Waals surface area contributed by atoms with Gasteiger partial charge in [0.1, 0.15) is 17.1 Å². The summed E-state index contributed by atoms with van der Waals surface area (Å²) < 4.78 is 2.05. The minimum atomic E-state index is 0.177. The van der Waals surface area contributed by atoms with Crippen molar-refractivity contribution in [2.24, 2.45) is 0 Å². The van der Waals surface area contributed by atoms with E-state index in [2.05, 4.69) is 50.9 Å². The van der Waals surface area contributed by atoms with E-state index in [-0.39, 0.29) is 5.75 Å². The molecule has 0 spiro atoms. The Morgan fingerprint density at radius 3 is 2.12 bits per heavy atom. The molecule has 190 valence electrons. The summed E-state index contributed by atoms with van der Waals surface area (Å²) in [6, 6.07) is 40.1. The number of pyridine rings is 2. The smallest absolute Gasteiger partial charge is 0.149 e. The molecular weight excluding hydrogens is 492 g/mol. The molecule has 0 atom stereocenters. The number of benzene rings is 4. The number of aromatic hydroxyl groups is 1. The fraction of sp³-hybridized carbons (Fsp3) is 0. The van der Waals surface area contributed by atoms with Crippen LogP contribution >= 0.6 is 0 Å². The largest absolute Gasteiger partial charge is 0.507 e. The van der Waals surface area contributed by atoms with E-state index in [1.54, 1.807) is 6.07 Å². The first-order valence-electron chi connectivity index (χ1n) is 13.1. The van der Waals surface area contributed by atoms with Crippen molar-refractivity contribution in [3.8, 4) is 56.3 Å². The lowest BCUT2D eigenvalue weighted by Gasteiger charge is -2.10. The van der Waals surface area contributed by atoms with E-state index in [9.17, 15) is 5.11 Å². The van der Waals surface area contributed by atoms with Crippen LogP contribution in [0.4, 0.5) is 0 Å². The van der Waals surface area contributed by atoms with E-state index >= 15 is 0 Å². The van der Waals surface area contributed by atoms with Crippen LogP contribution in [0.15, 0.2) is 140 Å². The topological polar surface area (TPSA) is 63.8 Å². The maximum absolute atomic E-state index is 10.7. The molecule has 1 N–H and O–H groups in total. The molecule has 3 heterocycles. The summed E-state index contributed by atoms with van der Waals surface area (Å²) in [6.07, 6.45) is 5.54. The molecule has 4 aromatic carbocycles. The molecule has 5 nitrogen and oxygen atoms in total. The summed E-state index contributed by atoms with van der Waals surface area (Å²) in [4.78, 5) is 14.4. The van der Waals surface area contributed by atoms with Gasteiger partial charge in [-0.25, -0.2) is 4.98 Å². The summed E-state index contributed by atoms with van der Waals surface area (Å²) in [5.74, 6) is 0.831. The van der Waals surface area contributed by atoms with Crippen molar-refractivity contribution in [3.63, 3.8) is 0 Å². The first kappa shape index (κ1) is 23.6. The van der Waals surface area contributed by atoms with Crippen LogP contribution in [-0.4, -0.2) is 24.6 Å². The first-order valence-corrected chi connectivity index (χ1v) is 13.1. The second kappa shape index (κ2) is 9.97. The number of rotatable bonds is 5. The third-order valence-corrected chi connectivity index (χ3v) is 7.06. The third kappa shape index (κ3) is 4.20. The molecule has 0 unspecified atom stereocenters. The quantitative estimate of drug-likeness (QED) is 0.250. The van der Waals surface area contributed by atoms with E-state index in [1.807, 2.05) is 97.5 Å². The maximum Gasteiger partial charge on any atom is 0.149 e. The van der Waals surface area contributed by atoms with Gasteiger partial charge >= 0.3 is 0 Å². The summed E-state index contributed by atoms with van der Waals surface area (Å²) in [5, 5.41) is 10.7. The molecule has 0 aliphatic carbocycles. The molecule has 0 radical (unpaired) electrons. The standard InChI is InChI=1S/C35H24N4O/c40-33-17-8-7-16-29(33)35-38-34-30(22-36-23-32(34)39(35)28-14-5-2-6-15-28)26-12-9-13-27(20-26)31-21-25(18-19-37-31)24-10-3-1-4-11-24/h1-23,40H. The van der Waals surface area contributed by atoms with E-state index in [0.717, 1.165) is 50.2 Å². The van der Waals surface area contributed by atoms with Crippen molar-refractivity contribution in [2.45, 2.75) is 0 Å². The van der Waals surface area contributed by atoms with Gasteiger partial charge in [0.05, 0.1) is 23.0 Å². The van der Waals surface area contributed by atoms with Gasteiger partial charge in [0.25, 0.3) is 0 Å². The van der Waals surface area contributed by atoms with Crippen molar-refractivity contribution in [3.05, 3.63) is 140 Å². The highest BCUT2D eigenvalue weighted by molar-refractivity contribution is 5.95. The average Bonchev–Trinajstić information content (AvgIpc) is 3.42. The predicted molar refractivity (Wildman–Crippen MR) is 160 cm³/mol. The van der Waals surface area contributed by atoms with Crippen molar-refractivity contribution < 1.29 is 5.11 Å². The summed E-state index contributed by atoms with van der Waals surface area (Å²) >= 11 is 0. The molecule has 0 fully saturated rings. The second-order valence-electron chi connectivity index (χ2n) is 9.55. The zero-order chi connectivity index (χ0) is 26.9. The Balaban J connectivity index is 1.40. The number of para-hydroxylation sites is 2. The van der Waals surface area contributed by atoms with Crippen molar-refractivity contribution in [1.82, 2.24) is 19.5 Å². The molecule has 0 aliphatic rings. The van der Waals surface area contributed by atoms with E-state index in [0.29, 0.717) is 11.4 Å². The number of phenolic OH excluding ortho intramolecular Hbond substituents is 1. The van der Waals surface area contributed by atoms with Gasteiger partial charge in [0, 0.05) is 29.2 Å². The van der Waals surface area contributed by atoms with Gasteiger partial charge in [-0.15, -0.1) is 0 Å². The van der Waals surface area contributed by atoms with Crippen LogP contribution in [0, 0.1) is 0 Å². The molecule has 7 rings (SSSR count). The molecule has 5 heteroatoms. The van der Waals surface area contributed by atoms with Gasteiger partial charge in [0.15, 0.2) is 0 Å². The summed E-state index contributed by atoms with van der Waals surface area (Å²) in [6.45, 7) is 0. The molecule has 0 bridgehead atoms. The van der Waals surface area contributed by atoms with Crippen LogP contribution in [0.1, 0.15) is 0 Å². The minimum Gasteiger partial charge on any atom is -0.507 e. The van der Waals surface area contributed by atoms with E-state index in [4.69, 9.17) is 4.98 Å². The molecule has 7 aromatic rings. The number of hydrogen-bond acceptors (Lipinski definition) is 4. The Morgan fingerprint density at radius 1 is 0.575 bits per heavy atom. The lowest BCUT2D eigenvalue weighted by atomic mass is 10.00. The van der Waals surface area contributed by atoms with Crippen LogP contribution in [0.2, 0.25) is 0 Å². The van der Waals surface area contributed by atoms with Crippen molar-refractivity contribution >= 4 is 11.0 Å². The number of phenols is 1. The molecular formula is C35H24N4O. The Bertz CT molecular complexity index is 1960. The highest BCUT2D eigenvalue weighted by Crippen LogP contribution is 2.37. The molecule has 0 saturated carbocycles. The zero-order valence-corrected chi connectivity index (χ0v) is 21.5. The van der Waals surface area contributed by atoms with E-state index in [1.165, 1.54) is 0 Å². The van der Waals surface area contributed by atoms with E-state index < -0.39 is 0 Å². The van der Waals surface area contributed by atoms with Crippen LogP contribution in [0.3, 0.4) is 0 Å². The first-order chi connectivity index (χ1) is 19.8. The van der Waals surface area contributed by atoms with Crippen LogP contribution < -0.4 is 0 Å². The number of aromatic nitrogens is 4. The number of imidazole rings is 1. The highest BCUT2D eigenvalue weighted by atomic mass is 16.3. The molecule has 3 aromatic heterocycles. The number of hydrogen-bond donors (Lipinski definition) is 1. The van der Waals surface area contributed by atoms with Gasteiger partial charge in [-0.2, -0.15) is 0 Å². The SMILES string of the molecule is Oc1ccccc1-c1nc2c(-c3cccc(-c4cc(-c5ccccc5)ccn4)c3)cncc2n1-c1ccccc1. The summed E-state index contributed by atoms with van der Waals surface area (Å²) in [5.41, 5.74) is 9.34. The number of nitrogens with zero attached hydrogens (tertiary/aromatic N) is 4. The molecule has 0 amide bonds. The van der Waals surface area contributed by atoms with Crippen LogP contribution in [0.25, 0.3) is 61.6 Å². The summed E-state index contributed by atoms with van der Waals surface area (Å²) in [7, 11) is 0. The van der Waals surface area contributed by atoms with Gasteiger partial charge in [-0.1, -0.05) is 78.9 Å². The molecule has 0 saturated heterocycles. The Morgan fingerprint density at radius 2 is 1.30 bits per heavy atom. The van der Waals surface area contributed by atoms with Crippen LogP contribution in [-0.2, 0) is 0 Å².